The van der Waals surface area contributed by atoms with Gasteiger partial charge < -0.3 is 18.9 Å². The summed E-state index contributed by atoms with van der Waals surface area (Å²) in [4.78, 5) is 0. The van der Waals surface area contributed by atoms with Crippen molar-refractivity contribution in [3.05, 3.63) is 41.0 Å². The maximum atomic E-state index is 6.71. The molecule has 5 rings (SSSR count). The number of allylic oxidation sites excluding steroid dienone is 2. The largest absolute Gasteiger partial charge is 0.497 e. The van der Waals surface area contributed by atoms with E-state index >= 15 is 0 Å². The third-order valence-corrected chi connectivity index (χ3v) is 12.1. The molecule has 4 heteroatoms. The highest BCUT2D eigenvalue weighted by Crippen LogP contribution is 2.67. The number of ether oxygens (including phenoxy) is 4. The van der Waals surface area contributed by atoms with Crippen LogP contribution in [-0.2, 0) is 20.8 Å². The average Bonchev–Trinajstić information content (AvgIpc) is 3.23. The number of benzene rings is 1. The van der Waals surface area contributed by atoms with Crippen LogP contribution in [-0.4, -0.2) is 32.2 Å². The second-order valence-corrected chi connectivity index (χ2v) is 15.4. The topological polar surface area (TPSA) is 36.9 Å². The van der Waals surface area contributed by atoms with Crippen molar-refractivity contribution < 1.29 is 18.9 Å². The van der Waals surface area contributed by atoms with E-state index in [1.807, 2.05) is 19.2 Å². The molecular weight excluding hydrogens is 508 g/mol. The van der Waals surface area contributed by atoms with Gasteiger partial charge in [-0.05, 0) is 104 Å². The number of hydrogen-bond donors (Lipinski definition) is 0. The van der Waals surface area contributed by atoms with Gasteiger partial charge in [0, 0.05) is 13.5 Å². The van der Waals surface area contributed by atoms with Crippen molar-refractivity contribution in [3.8, 4) is 5.75 Å². The van der Waals surface area contributed by atoms with Crippen molar-refractivity contribution in [3.63, 3.8) is 0 Å². The van der Waals surface area contributed by atoms with Gasteiger partial charge in [-0.2, -0.15) is 0 Å². The first-order valence-electron chi connectivity index (χ1n) is 16.6. The summed E-state index contributed by atoms with van der Waals surface area (Å²) < 4.78 is 24.9. The zero-order valence-corrected chi connectivity index (χ0v) is 27.6. The molecule has 0 amide bonds. The zero-order valence-electron chi connectivity index (χ0n) is 27.6. The van der Waals surface area contributed by atoms with Crippen molar-refractivity contribution in [2.24, 2.45) is 40.4 Å². The molecule has 0 N–H and O–H groups in total. The molecule has 8 atom stereocenters. The summed E-state index contributed by atoms with van der Waals surface area (Å²) in [6, 6.07) is 8.19. The molecule has 0 spiro atoms. The summed E-state index contributed by atoms with van der Waals surface area (Å²) in [6.45, 7) is 17.6. The van der Waals surface area contributed by atoms with Gasteiger partial charge in [0.2, 0.25) is 0 Å². The van der Waals surface area contributed by atoms with E-state index < -0.39 is 0 Å². The Balaban J connectivity index is 1.38. The monoisotopic (exact) mass is 566 g/mol. The first kappa shape index (κ1) is 31.1. The SMILES string of the molecule is COc1ccc(COC2C[C@]3(C)C4=C(CC[C@H]3C(C)(C)O2)[C@@H]2CC(OC)[C@H]([C@H](C)CCCC(C)C)[C@@]2(C)CC4)cc1. The van der Waals surface area contributed by atoms with Gasteiger partial charge in [0.1, 0.15) is 5.75 Å². The zero-order chi connectivity index (χ0) is 29.6. The normalized spacial score (nSPS) is 37.0. The van der Waals surface area contributed by atoms with Crippen LogP contribution in [0.5, 0.6) is 5.75 Å². The van der Waals surface area contributed by atoms with E-state index in [1.165, 1.54) is 51.4 Å². The molecule has 2 fully saturated rings. The van der Waals surface area contributed by atoms with Gasteiger partial charge in [-0.25, -0.2) is 0 Å². The van der Waals surface area contributed by atoms with Gasteiger partial charge >= 0.3 is 0 Å². The highest BCUT2D eigenvalue weighted by Gasteiger charge is 2.61. The minimum Gasteiger partial charge on any atom is -0.497 e. The van der Waals surface area contributed by atoms with Crippen LogP contribution >= 0.6 is 0 Å². The molecule has 41 heavy (non-hydrogen) atoms. The fraction of sp³-hybridized carbons (Fsp3) is 0.784. The van der Waals surface area contributed by atoms with Crippen molar-refractivity contribution >= 4 is 0 Å². The summed E-state index contributed by atoms with van der Waals surface area (Å²) in [5, 5.41) is 0. The highest BCUT2D eigenvalue weighted by molar-refractivity contribution is 5.36. The minimum absolute atomic E-state index is 0.116. The fourth-order valence-corrected chi connectivity index (χ4v) is 10.2. The van der Waals surface area contributed by atoms with Crippen molar-refractivity contribution in [2.75, 3.05) is 14.2 Å². The minimum atomic E-state index is -0.213. The lowest BCUT2D eigenvalue weighted by atomic mass is 9.50. The molecule has 1 aromatic carbocycles. The maximum absolute atomic E-state index is 6.71. The Morgan fingerprint density at radius 3 is 2.37 bits per heavy atom. The van der Waals surface area contributed by atoms with Crippen LogP contribution in [0.1, 0.15) is 112 Å². The van der Waals surface area contributed by atoms with Crippen LogP contribution in [0.3, 0.4) is 0 Å². The summed E-state index contributed by atoms with van der Waals surface area (Å²) in [7, 11) is 3.68. The molecule has 0 aromatic heterocycles. The molecule has 4 nitrogen and oxygen atoms in total. The second kappa shape index (κ2) is 12.0. The predicted octanol–water partition coefficient (Wildman–Crippen LogP) is 9.36. The molecule has 2 unspecified atom stereocenters. The highest BCUT2D eigenvalue weighted by atomic mass is 16.7. The van der Waals surface area contributed by atoms with Crippen LogP contribution in [0.15, 0.2) is 35.4 Å². The van der Waals surface area contributed by atoms with Crippen LogP contribution in [0.4, 0.5) is 0 Å². The van der Waals surface area contributed by atoms with E-state index in [0.717, 1.165) is 23.7 Å². The Labute approximate surface area is 250 Å². The van der Waals surface area contributed by atoms with Crippen LogP contribution in [0, 0.1) is 40.4 Å². The van der Waals surface area contributed by atoms with E-state index in [9.17, 15) is 0 Å². The Hall–Kier alpha value is -1.36. The van der Waals surface area contributed by atoms with Crippen molar-refractivity contribution in [1.82, 2.24) is 0 Å². The third kappa shape index (κ3) is 5.79. The smallest absolute Gasteiger partial charge is 0.159 e. The fourth-order valence-electron chi connectivity index (χ4n) is 10.2. The van der Waals surface area contributed by atoms with Crippen LogP contribution in [0.2, 0.25) is 0 Å². The molecule has 1 heterocycles. The number of rotatable bonds is 10. The molecule has 1 saturated carbocycles. The maximum Gasteiger partial charge on any atom is 0.159 e. The molecule has 1 aromatic rings. The van der Waals surface area contributed by atoms with Gasteiger partial charge in [0.25, 0.3) is 0 Å². The Bertz CT molecular complexity index is 1070. The van der Waals surface area contributed by atoms with Gasteiger partial charge in [0.15, 0.2) is 6.29 Å². The summed E-state index contributed by atoms with van der Waals surface area (Å²) in [5.41, 5.74) is 4.95. The summed E-state index contributed by atoms with van der Waals surface area (Å²) in [5.74, 6) is 4.19. The average molecular weight is 567 g/mol. The van der Waals surface area contributed by atoms with Crippen LogP contribution in [0.25, 0.3) is 0 Å². The quantitative estimate of drug-likeness (QED) is 0.264. The van der Waals surface area contributed by atoms with Crippen molar-refractivity contribution in [1.29, 1.82) is 0 Å². The van der Waals surface area contributed by atoms with Gasteiger partial charge in [-0.3, -0.25) is 0 Å². The molecule has 230 valence electrons. The second-order valence-electron chi connectivity index (χ2n) is 15.4. The molecule has 0 bridgehead atoms. The van der Waals surface area contributed by atoms with E-state index in [4.69, 9.17) is 18.9 Å². The van der Waals surface area contributed by atoms with E-state index in [0.29, 0.717) is 41.8 Å². The number of hydrogen-bond acceptors (Lipinski definition) is 4. The molecule has 4 aliphatic rings. The lowest BCUT2D eigenvalue weighted by Crippen LogP contribution is -2.56. The molecule has 1 saturated heterocycles. The molecule has 0 radical (unpaired) electrons. The Kier molecular flexibility index (Phi) is 9.07. The number of methoxy groups -OCH3 is 2. The lowest BCUT2D eigenvalue weighted by molar-refractivity contribution is -0.278. The first-order valence-corrected chi connectivity index (χ1v) is 16.6. The summed E-state index contributed by atoms with van der Waals surface area (Å²) in [6.07, 6.45) is 11.3. The van der Waals surface area contributed by atoms with E-state index in [1.54, 1.807) is 18.3 Å². The van der Waals surface area contributed by atoms with Gasteiger partial charge in [-0.1, -0.05) is 77.2 Å². The standard InChI is InChI=1S/C37H58O4/c1-24(2)11-10-12-25(3)34-31(39-9)21-30-28-17-18-32-35(4,5)41-33(40-23-26-13-15-27(38-8)16-14-26)22-37(32,7)29(28)19-20-36(30,34)6/h13-16,24-25,30-34H,10-12,17-23H2,1-9H3/t25-,30+,31?,32+,33?,34+,36+,37-/m1/s1. The molecular formula is C37H58O4. The van der Waals surface area contributed by atoms with Crippen molar-refractivity contribution in [2.45, 2.75) is 131 Å². The van der Waals surface area contributed by atoms with E-state index in [-0.39, 0.29) is 17.3 Å². The Morgan fingerprint density at radius 2 is 1.71 bits per heavy atom. The molecule has 1 aliphatic heterocycles. The number of fused-ring (bicyclic) bond motifs is 4. The third-order valence-electron chi connectivity index (χ3n) is 12.1. The van der Waals surface area contributed by atoms with E-state index in [2.05, 4.69) is 60.6 Å². The van der Waals surface area contributed by atoms with Crippen LogP contribution < -0.4 is 4.74 Å². The first-order chi connectivity index (χ1) is 19.4. The lowest BCUT2D eigenvalue weighted by Gasteiger charge is -2.59. The van der Waals surface area contributed by atoms with Gasteiger partial charge in [0.05, 0.1) is 25.4 Å². The Morgan fingerprint density at radius 1 is 0.976 bits per heavy atom. The summed E-state index contributed by atoms with van der Waals surface area (Å²) >= 11 is 0. The predicted molar refractivity (Wildman–Crippen MR) is 167 cm³/mol. The molecule has 3 aliphatic carbocycles. The van der Waals surface area contributed by atoms with Gasteiger partial charge in [-0.15, -0.1) is 0 Å².